The summed E-state index contributed by atoms with van der Waals surface area (Å²) in [5.41, 5.74) is 13.8. The van der Waals surface area contributed by atoms with Crippen molar-refractivity contribution in [1.29, 1.82) is 0 Å². The number of furan rings is 2. The Morgan fingerprint density at radius 2 is 1.10 bits per heavy atom. The summed E-state index contributed by atoms with van der Waals surface area (Å²) in [4.78, 5) is 0. The molecule has 10 aromatic rings. The van der Waals surface area contributed by atoms with Crippen molar-refractivity contribution in [3.8, 4) is 33.4 Å². The van der Waals surface area contributed by atoms with Gasteiger partial charge in [-0.25, -0.2) is 0 Å². The molecule has 2 heterocycles. The lowest BCUT2D eigenvalue weighted by Crippen LogP contribution is -2.15. The predicted molar refractivity (Wildman–Crippen MR) is 204 cm³/mol. The summed E-state index contributed by atoms with van der Waals surface area (Å²) in [5, 5.41) is 9.49. The minimum Gasteiger partial charge on any atom is -0.456 e. The number of hydrogen-bond donors (Lipinski definition) is 0. The molecule has 2 heteroatoms. The van der Waals surface area contributed by atoms with Crippen LogP contribution in [0.25, 0.3) is 98.8 Å². The number of rotatable bonds is 2. The Morgan fingerprint density at radius 1 is 0.388 bits per heavy atom. The van der Waals surface area contributed by atoms with E-state index in [9.17, 15) is 0 Å². The highest BCUT2D eigenvalue weighted by molar-refractivity contribution is 6.17. The fourth-order valence-electron chi connectivity index (χ4n) is 8.67. The van der Waals surface area contributed by atoms with Gasteiger partial charge in [0, 0.05) is 27.0 Å². The molecule has 0 fully saturated rings. The molecule has 0 N–H and O–H groups in total. The standard InChI is InChI=1S/C47H30O2/c1-47(2)38-15-7-5-13-35(38)46-39(47)25-31-22-29(32-14-9-17-42-45(32)37-23-27-10-3-4-11-28(27)26-43(37)49-42)18-20-33(31)44(46)30-19-21-41-36(24-30)34-12-6-8-16-40(34)48-41/h3-26H,1-2H3. The lowest BCUT2D eigenvalue weighted by molar-refractivity contribution is 0.661. The molecule has 0 amide bonds. The lowest BCUT2D eigenvalue weighted by atomic mass is 9.80. The molecule has 1 aliphatic carbocycles. The van der Waals surface area contributed by atoms with E-state index >= 15 is 0 Å². The first-order chi connectivity index (χ1) is 24.0. The van der Waals surface area contributed by atoms with Crippen molar-refractivity contribution < 1.29 is 8.83 Å². The zero-order valence-electron chi connectivity index (χ0n) is 27.2. The van der Waals surface area contributed by atoms with Gasteiger partial charge in [0.1, 0.15) is 22.3 Å². The van der Waals surface area contributed by atoms with Crippen LogP contribution in [0, 0.1) is 0 Å². The number of fused-ring (bicyclic) bond motifs is 11. The Kier molecular flexibility index (Phi) is 5.21. The van der Waals surface area contributed by atoms with Crippen molar-refractivity contribution in [2.24, 2.45) is 0 Å². The Balaban J connectivity index is 1.21. The second-order valence-electron chi connectivity index (χ2n) is 14.1. The van der Waals surface area contributed by atoms with E-state index in [-0.39, 0.29) is 5.41 Å². The summed E-state index contributed by atoms with van der Waals surface area (Å²) < 4.78 is 12.7. The van der Waals surface area contributed by atoms with Crippen molar-refractivity contribution in [1.82, 2.24) is 0 Å². The van der Waals surface area contributed by atoms with Gasteiger partial charge in [-0.3, -0.25) is 0 Å². The van der Waals surface area contributed by atoms with Gasteiger partial charge in [-0.15, -0.1) is 0 Å². The number of hydrogen-bond acceptors (Lipinski definition) is 2. The molecule has 0 bridgehead atoms. The lowest BCUT2D eigenvalue weighted by Gasteiger charge is -2.23. The fraction of sp³-hybridized carbons (Fsp3) is 0.0638. The third-order valence-electron chi connectivity index (χ3n) is 11.0. The van der Waals surface area contributed by atoms with Crippen LogP contribution in [0.1, 0.15) is 25.0 Å². The van der Waals surface area contributed by atoms with Crippen LogP contribution < -0.4 is 0 Å². The van der Waals surface area contributed by atoms with Crippen LogP contribution in [0.3, 0.4) is 0 Å². The molecule has 2 aromatic heterocycles. The van der Waals surface area contributed by atoms with Gasteiger partial charge in [-0.1, -0.05) is 111 Å². The smallest absolute Gasteiger partial charge is 0.136 e. The van der Waals surface area contributed by atoms with Crippen LogP contribution in [-0.2, 0) is 5.41 Å². The highest BCUT2D eigenvalue weighted by atomic mass is 16.3. The fourth-order valence-corrected chi connectivity index (χ4v) is 8.67. The maximum atomic E-state index is 6.46. The van der Waals surface area contributed by atoms with E-state index in [4.69, 9.17) is 8.83 Å². The van der Waals surface area contributed by atoms with E-state index in [1.54, 1.807) is 0 Å². The molecule has 49 heavy (non-hydrogen) atoms. The van der Waals surface area contributed by atoms with Crippen molar-refractivity contribution in [3.63, 3.8) is 0 Å². The van der Waals surface area contributed by atoms with E-state index in [0.29, 0.717) is 0 Å². The van der Waals surface area contributed by atoms with Crippen molar-refractivity contribution in [2.75, 3.05) is 0 Å². The molecule has 0 unspecified atom stereocenters. The molecular formula is C47H30O2. The maximum absolute atomic E-state index is 6.46. The molecule has 230 valence electrons. The quantitative estimate of drug-likeness (QED) is 0.191. The number of para-hydroxylation sites is 1. The van der Waals surface area contributed by atoms with Crippen LogP contribution in [0.5, 0.6) is 0 Å². The molecule has 0 saturated heterocycles. The Labute approximate surface area is 282 Å². The van der Waals surface area contributed by atoms with E-state index < -0.39 is 0 Å². The summed E-state index contributed by atoms with van der Waals surface area (Å²) in [6.45, 7) is 4.74. The zero-order valence-corrected chi connectivity index (χ0v) is 27.2. The Bertz CT molecular complexity index is 3020. The maximum Gasteiger partial charge on any atom is 0.136 e. The molecular weight excluding hydrogens is 597 g/mol. The molecule has 0 atom stereocenters. The topological polar surface area (TPSA) is 26.3 Å². The molecule has 0 aliphatic heterocycles. The van der Waals surface area contributed by atoms with E-state index in [1.165, 1.54) is 66.1 Å². The Hall–Kier alpha value is -6.12. The average molecular weight is 627 g/mol. The minimum absolute atomic E-state index is 0.140. The average Bonchev–Trinajstić information content (AvgIpc) is 3.76. The zero-order chi connectivity index (χ0) is 32.4. The van der Waals surface area contributed by atoms with Gasteiger partial charge in [0.15, 0.2) is 0 Å². The summed E-state index contributed by atoms with van der Waals surface area (Å²) in [5.74, 6) is 0. The van der Waals surface area contributed by atoms with Crippen molar-refractivity contribution in [3.05, 3.63) is 157 Å². The molecule has 11 rings (SSSR count). The molecule has 0 saturated carbocycles. The third-order valence-corrected chi connectivity index (χ3v) is 11.0. The predicted octanol–water partition coefficient (Wildman–Crippen LogP) is 13.4. The monoisotopic (exact) mass is 626 g/mol. The second kappa shape index (κ2) is 9.49. The van der Waals surface area contributed by atoms with Gasteiger partial charge < -0.3 is 8.83 Å². The molecule has 0 radical (unpaired) electrons. The summed E-state index contributed by atoms with van der Waals surface area (Å²) in [6.07, 6.45) is 0. The van der Waals surface area contributed by atoms with E-state index in [2.05, 4.69) is 153 Å². The first-order valence-electron chi connectivity index (χ1n) is 17.0. The van der Waals surface area contributed by atoms with Crippen molar-refractivity contribution in [2.45, 2.75) is 19.3 Å². The molecule has 0 spiro atoms. The molecule has 1 aliphatic rings. The van der Waals surface area contributed by atoms with Crippen LogP contribution in [-0.4, -0.2) is 0 Å². The van der Waals surface area contributed by atoms with Crippen LogP contribution in [0.4, 0.5) is 0 Å². The summed E-state index contributed by atoms with van der Waals surface area (Å²) in [7, 11) is 0. The van der Waals surface area contributed by atoms with Gasteiger partial charge in [-0.05, 0) is 115 Å². The van der Waals surface area contributed by atoms with Gasteiger partial charge >= 0.3 is 0 Å². The van der Waals surface area contributed by atoms with Crippen molar-refractivity contribution >= 4 is 65.4 Å². The van der Waals surface area contributed by atoms with Gasteiger partial charge in [0.2, 0.25) is 0 Å². The second-order valence-corrected chi connectivity index (χ2v) is 14.1. The summed E-state index contributed by atoms with van der Waals surface area (Å²) in [6, 6.07) is 52.9. The SMILES string of the molecule is CC1(C)c2ccccc2-c2c1cc1cc(-c3cccc4oc5cc6ccccc6cc5c34)ccc1c2-c1ccc2oc3ccccc3c2c1. The normalized spacial score (nSPS) is 13.7. The van der Waals surface area contributed by atoms with E-state index in [0.717, 1.165) is 43.9 Å². The number of benzene rings is 8. The first-order valence-corrected chi connectivity index (χ1v) is 17.0. The first kappa shape index (κ1) is 26.9. The largest absolute Gasteiger partial charge is 0.456 e. The highest BCUT2D eigenvalue weighted by Crippen LogP contribution is 2.55. The Morgan fingerprint density at radius 3 is 2.02 bits per heavy atom. The van der Waals surface area contributed by atoms with Crippen LogP contribution in [0.15, 0.2) is 154 Å². The van der Waals surface area contributed by atoms with Crippen LogP contribution in [0.2, 0.25) is 0 Å². The van der Waals surface area contributed by atoms with Gasteiger partial charge in [0.25, 0.3) is 0 Å². The molecule has 8 aromatic carbocycles. The highest BCUT2D eigenvalue weighted by Gasteiger charge is 2.37. The molecule has 2 nitrogen and oxygen atoms in total. The van der Waals surface area contributed by atoms with Gasteiger partial charge in [-0.2, -0.15) is 0 Å². The van der Waals surface area contributed by atoms with Crippen LogP contribution >= 0.6 is 0 Å². The van der Waals surface area contributed by atoms with Gasteiger partial charge in [0.05, 0.1) is 0 Å². The minimum atomic E-state index is -0.140. The van der Waals surface area contributed by atoms with E-state index in [1.807, 2.05) is 6.07 Å². The summed E-state index contributed by atoms with van der Waals surface area (Å²) >= 11 is 0. The third kappa shape index (κ3) is 3.66.